The predicted octanol–water partition coefficient (Wildman–Crippen LogP) is 10.2. The van der Waals surface area contributed by atoms with Crippen molar-refractivity contribution in [2.45, 2.75) is 33.6 Å². The zero-order valence-electron chi connectivity index (χ0n) is 29.4. The van der Waals surface area contributed by atoms with Crippen molar-refractivity contribution in [1.82, 2.24) is 0 Å². The average molecular weight is 1130 g/mol. The molecule has 0 atom stereocenters. The summed E-state index contributed by atoms with van der Waals surface area (Å²) in [5, 5.41) is 2.21. The number of hydrogen-bond acceptors (Lipinski definition) is 4. The molecule has 0 fully saturated rings. The number of benzene rings is 5. The Morgan fingerprint density at radius 1 is 0.804 bits per heavy atom. The van der Waals surface area contributed by atoms with Crippen LogP contribution in [0.3, 0.4) is 0 Å². The molecule has 5 aromatic rings. The monoisotopic (exact) mass is 1130 g/mol. The van der Waals surface area contributed by atoms with Gasteiger partial charge in [0.2, 0.25) is 0 Å². The standard InChI is InChI=1S/C37H28FO3.C4H7O.C3H6.2U/c1-26(2)37(39)41-22-6-21-40-36-20-12-28(24-35(36)38)10-9-27-11-13-34-25-33(19-18-32(34)23-27)31-16-14-30(15-17-31)29-7-4-3-5-8-29;1-4(2)3-5;1-3-2;;/h4-5,7-8,11-20,23-25H,1,6,21-22H2,2H3;4H,1-2H3;1-3H2;;/q2*-1;-2;2*+2. The van der Waals surface area contributed by atoms with Gasteiger partial charge in [0.15, 0.2) is 11.6 Å². The minimum absolute atomic E-state index is 0. The predicted molar refractivity (Wildman–Crippen MR) is 198 cm³/mol. The zero-order chi connectivity index (χ0) is 35.6. The number of ether oxygens (including phenoxy) is 2. The van der Waals surface area contributed by atoms with Gasteiger partial charge in [-0.3, -0.25) is 6.29 Å². The summed E-state index contributed by atoms with van der Waals surface area (Å²) >= 11 is 0. The van der Waals surface area contributed by atoms with E-state index in [1.54, 1.807) is 39.2 Å². The topological polar surface area (TPSA) is 52.6 Å². The van der Waals surface area contributed by atoms with Gasteiger partial charge in [0.1, 0.15) is 0 Å². The normalized spacial score (nSPS) is 9.63. The molecule has 0 aliphatic carbocycles. The molecule has 0 radical (unpaired) electrons. The molecule has 0 aliphatic rings. The second-order valence-electron chi connectivity index (χ2n) is 11.3. The second-order valence-corrected chi connectivity index (χ2v) is 11.3. The SMILES string of the molecule is C=C(C)C(=O)OCCCOc1ccc(C#Cc2ccc3cc(-c4ccc(-c5cc[c-]cc5)cc4)ccc3c2)cc1F.CC(C)[C-]=O.[CH2-]C[CH2-].[U+2].[U+2]. The summed E-state index contributed by atoms with van der Waals surface area (Å²) in [5.74, 6) is 5.45. The van der Waals surface area contributed by atoms with Crippen LogP contribution in [-0.2, 0) is 14.3 Å². The summed E-state index contributed by atoms with van der Waals surface area (Å²) in [7, 11) is 0. The molecule has 5 aromatic carbocycles. The summed E-state index contributed by atoms with van der Waals surface area (Å²) in [4.78, 5) is 20.8. The fraction of sp³-hybridized carbons (Fsp3) is 0.182. The van der Waals surface area contributed by atoms with Crippen molar-refractivity contribution in [2.24, 2.45) is 5.92 Å². The molecule has 0 saturated heterocycles. The van der Waals surface area contributed by atoms with E-state index in [1.807, 2.05) is 24.3 Å². The Morgan fingerprint density at radius 3 is 1.86 bits per heavy atom. The molecule has 256 valence electrons. The molecule has 0 aliphatic heterocycles. The summed E-state index contributed by atoms with van der Waals surface area (Å²) in [5.41, 5.74) is 6.39. The maximum atomic E-state index is 14.5. The number of rotatable bonds is 9. The maximum absolute atomic E-state index is 14.5. The van der Waals surface area contributed by atoms with E-state index in [0.717, 1.165) is 33.9 Å². The van der Waals surface area contributed by atoms with Crippen LogP contribution in [0.1, 0.15) is 44.7 Å². The van der Waals surface area contributed by atoms with Crippen molar-refractivity contribution in [2.75, 3.05) is 13.2 Å². The van der Waals surface area contributed by atoms with Crippen LogP contribution in [0, 0.1) is 106 Å². The third-order valence-corrected chi connectivity index (χ3v) is 6.76. The minimum atomic E-state index is -0.489. The molecular weight excluding hydrogens is 1090 g/mol. The third-order valence-electron chi connectivity index (χ3n) is 6.76. The van der Waals surface area contributed by atoms with Gasteiger partial charge in [-0.25, -0.2) is 9.18 Å². The second kappa shape index (κ2) is 24.8. The van der Waals surface area contributed by atoms with E-state index >= 15 is 0 Å². The molecule has 0 N–H and O–H groups in total. The van der Waals surface area contributed by atoms with E-state index < -0.39 is 11.8 Å². The summed E-state index contributed by atoms with van der Waals surface area (Å²) < 4.78 is 25.0. The van der Waals surface area contributed by atoms with Crippen LogP contribution in [0.5, 0.6) is 5.75 Å². The van der Waals surface area contributed by atoms with Crippen molar-refractivity contribution in [1.29, 1.82) is 0 Å². The van der Waals surface area contributed by atoms with Gasteiger partial charge in [-0.2, -0.15) is 30.3 Å². The smallest absolute Gasteiger partial charge is 0.542 e. The first-order chi connectivity index (χ1) is 23.6. The van der Waals surface area contributed by atoms with Crippen LogP contribution in [0.4, 0.5) is 4.39 Å². The Kier molecular flexibility index (Phi) is 22.2. The molecule has 0 heterocycles. The molecule has 51 heavy (non-hydrogen) atoms. The van der Waals surface area contributed by atoms with Crippen LogP contribution < -0.4 is 4.74 Å². The summed E-state index contributed by atoms with van der Waals surface area (Å²) in [6.45, 7) is 15.9. The number of carbonyl (C=O) groups is 1. The first-order valence-corrected chi connectivity index (χ1v) is 16.0. The van der Waals surface area contributed by atoms with Crippen LogP contribution >= 0.6 is 0 Å². The van der Waals surface area contributed by atoms with E-state index in [0.29, 0.717) is 17.6 Å². The number of hydrogen-bond donors (Lipinski definition) is 0. The Morgan fingerprint density at radius 2 is 1.29 bits per heavy atom. The first kappa shape index (κ1) is 45.7. The van der Waals surface area contributed by atoms with Gasteiger partial charge in [0, 0.05) is 23.1 Å². The molecule has 0 aromatic heterocycles. The van der Waals surface area contributed by atoms with Crippen molar-refractivity contribution >= 4 is 23.0 Å². The average Bonchev–Trinajstić information content (AvgIpc) is 3.12. The summed E-state index contributed by atoms with van der Waals surface area (Å²) in [6.07, 6.45) is 2.98. The number of fused-ring (bicyclic) bond motifs is 1. The Labute approximate surface area is 350 Å². The van der Waals surface area contributed by atoms with E-state index in [4.69, 9.17) is 9.47 Å². The van der Waals surface area contributed by atoms with Crippen molar-refractivity contribution in [3.63, 3.8) is 0 Å². The van der Waals surface area contributed by atoms with Gasteiger partial charge in [-0.05, 0) is 70.8 Å². The van der Waals surface area contributed by atoms with Crippen molar-refractivity contribution in [3.8, 4) is 39.8 Å². The number of halogens is 1. The van der Waals surface area contributed by atoms with E-state index in [-0.39, 0.29) is 87.1 Å². The summed E-state index contributed by atoms with van der Waals surface area (Å²) in [6, 6.07) is 36.7. The minimum Gasteiger partial charge on any atom is -0.542 e. The van der Waals surface area contributed by atoms with Crippen molar-refractivity contribution < 1.29 is 85.7 Å². The Hall–Kier alpha value is -3.37. The zero-order valence-corrected chi connectivity index (χ0v) is 37.7. The molecule has 0 amide bonds. The van der Waals surface area contributed by atoms with Crippen LogP contribution in [0.15, 0.2) is 115 Å². The first-order valence-electron chi connectivity index (χ1n) is 16.0. The van der Waals surface area contributed by atoms with E-state index in [9.17, 15) is 14.0 Å². The van der Waals surface area contributed by atoms with Crippen LogP contribution in [0.2, 0.25) is 0 Å². The fourth-order valence-corrected chi connectivity index (χ4v) is 4.31. The Balaban J connectivity index is 0.00000118. The van der Waals surface area contributed by atoms with Gasteiger partial charge >= 0.3 is 68.2 Å². The van der Waals surface area contributed by atoms with Gasteiger partial charge in [-0.15, -0.1) is 11.5 Å². The molecule has 4 nitrogen and oxygen atoms in total. The van der Waals surface area contributed by atoms with Gasteiger partial charge in [0.25, 0.3) is 0 Å². The fourth-order valence-electron chi connectivity index (χ4n) is 4.31. The van der Waals surface area contributed by atoms with Gasteiger partial charge in [0.05, 0.1) is 13.2 Å². The van der Waals surface area contributed by atoms with Crippen molar-refractivity contribution in [3.05, 3.63) is 152 Å². The molecule has 0 unspecified atom stereocenters. The Bertz CT molecular complexity index is 1890. The molecule has 0 saturated carbocycles. The number of esters is 1. The van der Waals surface area contributed by atoms with Crippen LogP contribution in [0.25, 0.3) is 33.0 Å². The molecule has 5 rings (SSSR count). The van der Waals surface area contributed by atoms with Gasteiger partial charge < -0.3 is 34.5 Å². The van der Waals surface area contributed by atoms with E-state index in [1.165, 1.54) is 17.2 Å². The van der Waals surface area contributed by atoms with E-state index in [2.05, 4.69) is 99.0 Å². The molecular formula is C44H41FO4U2. The quantitative estimate of drug-likeness (QED) is 0.0485. The molecule has 0 bridgehead atoms. The third kappa shape index (κ3) is 15.8. The van der Waals surface area contributed by atoms with Gasteiger partial charge in [-0.1, -0.05) is 74.7 Å². The molecule has 0 spiro atoms. The maximum Gasteiger partial charge on any atom is 2.00 e. The van der Waals surface area contributed by atoms with Crippen LogP contribution in [-0.4, -0.2) is 25.5 Å². The largest absolute Gasteiger partial charge is 2.00 e. The number of carbonyl (C=O) groups excluding carboxylic acids is 2. The molecule has 7 heteroatoms.